The second-order valence-corrected chi connectivity index (χ2v) is 3.38. The van der Waals surface area contributed by atoms with Crippen molar-refractivity contribution in [2.24, 2.45) is 7.05 Å². The quantitative estimate of drug-likeness (QED) is 0.777. The first-order valence-corrected chi connectivity index (χ1v) is 4.52. The van der Waals surface area contributed by atoms with Crippen LogP contribution < -0.4 is 5.32 Å². The Hall–Kier alpha value is -1.07. The summed E-state index contributed by atoms with van der Waals surface area (Å²) in [5, 5.41) is 12.0. The average Bonchev–Trinajstić information content (AvgIpc) is 2.44. The van der Waals surface area contributed by atoms with Gasteiger partial charge in [0.15, 0.2) is 0 Å². The molecule has 0 aliphatic carbocycles. The van der Waals surface area contributed by atoms with Crippen LogP contribution in [-0.4, -0.2) is 26.7 Å². The fourth-order valence-electron chi connectivity index (χ4n) is 0.920. The molecule has 2 N–H and O–H groups in total. The molecule has 0 unspecified atom stereocenters. The molecule has 0 fully saturated rings. The van der Waals surface area contributed by atoms with Crippen LogP contribution in [0.15, 0.2) is 6.20 Å². The normalized spacial score (nSPS) is 12.8. The Kier molecular flexibility index (Phi) is 3.49. The third-order valence-corrected chi connectivity index (χ3v) is 2.32. The van der Waals surface area contributed by atoms with E-state index in [1.807, 2.05) is 0 Å². The molecule has 6 heteroatoms. The molecule has 0 spiro atoms. The van der Waals surface area contributed by atoms with Gasteiger partial charge in [-0.05, 0) is 6.92 Å². The number of aromatic nitrogens is 2. The largest absolute Gasteiger partial charge is 0.480 e. The first-order chi connectivity index (χ1) is 6.52. The zero-order valence-corrected chi connectivity index (χ0v) is 8.75. The highest BCUT2D eigenvalue weighted by molar-refractivity contribution is 6.29. The molecule has 1 aromatic heterocycles. The van der Waals surface area contributed by atoms with Crippen LogP contribution in [0.4, 0.5) is 0 Å². The molecule has 0 amide bonds. The minimum absolute atomic E-state index is 0.386. The van der Waals surface area contributed by atoms with Gasteiger partial charge in [-0.15, -0.1) is 0 Å². The minimum atomic E-state index is -0.884. The van der Waals surface area contributed by atoms with Gasteiger partial charge in [-0.1, -0.05) is 11.6 Å². The van der Waals surface area contributed by atoms with Crippen LogP contribution in [0.3, 0.4) is 0 Å². The molecule has 1 heterocycles. The lowest BCUT2D eigenvalue weighted by atomic mass is 10.3. The van der Waals surface area contributed by atoms with E-state index in [9.17, 15) is 4.79 Å². The van der Waals surface area contributed by atoms with Crippen LogP contribution in [0.2, 0.25) is 5.15 Å². The summed E-state index contributed by atoms with van der Waals surface area (Å²) in [7, 11) is 1.78. The van der Waals surface area contributed by atoms with E-state index in [1.54, 1.807) is 18.5 Å². The maximum atomic E-state index is 10.5. The van der Waals surface area contributed by atoms with Crippen LogP contribution in [-0.2, 0) is 18.4 Å². The van der Waals surface area contributed by atoms with Gasteiger partial charge in [0.2, 0.25) is 0 Å². The smallest absolute Gasteiger partial charge is 0.320 e. The Balaban J connectivity index is 2.54. The van der Waals surface area contributed by atoms with Gasteiger partial charge in [0.25, 0.3) is 0 Å². The van der Waals surface area contributed by atoms with E-state index in [4.69, 9.17) is 16.7 Å². The van der Waals surface area contributed by atoms with Crippen LogP contribution in [0, 0.1) is 0 Å². The topological polar surface area (TPSA) is 67.2 Å². The van der Waals surface area contributed by atoms with Crippen molar-refractivity contribution in [1.29, 1.82) is 0 Å². The lowest BCUT2D eigenvalue weighted by Crippen LogP contribution is -2.33. The number of rotatable bonds is 4. The van der Waals surface area contributed by atoms with Crippen molar-refractivity contribution >= 4 is 17.6 Å². The third kappa shape index (κ3) is 2.46. The lowest BCUT2D eigenvalue weighted by Gasteiger charge is -2.08. The van der Waals surface area contributed by atoms with Gasteiger partial charge in [0.1, 0.15) is 17.0 Å². The third-order valence-electron chi connectivity index (χ3n) is 1.96. The first-order valence-electron chi connectivity index (χ1n) is 4.14. The lowest BCUT2D eigenvalue weighted by molar-refractivity contribution is -0.139. The van der Waals surface area contributed by atoms with Gasteiger partial charge in [0.05, 0.1) is 12.7 Å². The molecule has 0 saturated carbocycles. The zero-order chi connectivity index (χ0) is 10.7. The Morgan fingerprint density at radius 2 is 2.50 bits per heavy atom. The SMILES string of the molecule is C[C@@H](NCc1ncc(Cl)n1C)C(=O)O. The molecular formula is C8H12ClN3O2. The molecule has 0 saturated heterocycles. The molecule has 0 aromatic carbocycles. The van der Waals surface area contributed by atoms with Gasteiger partial charge >= 0.3 is 5.97 Å². The van der Waals surface area contributed by atoms with Crippen LogP contribution in [0.5, 0.6) is 0 Å². The van der Waals surface area contributed by atoms with Crippen molar-refractivity contribution in [3.05, 3.63) is 17.2 Å². The summed E-state index contributed by atoms with van der Waals surface area (Å²) < 4.78 is 1.70. The molecule has 1 aromatic rings. The van der Waals surface area contributed by atoms with Crippen molar-refractivity contribution in [1.82, 2.24) is 14.9 Å². The highest BCUT2D eigenvalue weighted by Gasteiger charge is 2.11. The molecule has 0 radical (unpaired) electrons. The van der Waals surface area contributed by atoms with Crippen molar-refractivity contribution in [3.63, 3.8) is 0 Å². The molecule has 0 aliphatic heterocycles. The van der Waals surface area contributed by atoms with E-state index in [2.05, 4.69) is 10.3 Å². The number of hydrogen-bond acceptors (Lipinski definition) is 3. The van der Waals surface area contributed by atoms with E-state index in [0.717, 1.165) is 0 Å². The number of halogens is 1. The van der Waals surface area contributed by atoms with Crippen LogP contribution in [0.25, 0.3) is 0 Å². The number of nitrogens with one attached hydrogen (secondary N) is 1. The highest BCUT2D eigenvalue weighted by atomic mass is 35.5. The number of nitrogens with zero attached hydrogens (tertiary/aromatic N) is 2. The van der Waals surface area contributed by atoms with Gasteiger partial charge < -0.3 is 9.67 Å². The standard InChI is InChI=1S/C8H12ClN3O2/c1-5(8(13)14)10-4-7-11-3-6(9)12(7)2/h3,5,10H,4H2,1-2H3,(H,13,14)/t5-/m1/s1. The summed E-state index contributed by atoms with van der Waals surface area (Å²) in [4.78, 5) is 14.5. The maximum absolute atomic E-state index is 10.5. The van der Waals surface area contributed by atoms with Crippen LogP contribution >= 0.6 is 11.6 Å². The van der Waals surface area contributed by atoms with Gasteiger partial charge in [0, 0.05) is 7.05 Å². The van der Waals surface area contributed by atoms with E-state index in [1.165, 1.54) is 6.20 Å². The fourth-order valence-corrected chi connectivity index (χ4v) is 1.07. The first kappa shape index (κ1) is 11.0. The maximum Gasteiger partial charge on any atom is 0.320 e. The second-order valence-electron chi connectivity index (χ2n) is 3.00. The second kappa shape index (κ2) is 4.43. The van der Waals surface area contributed by atoms with Crippen molar-refractivity contribution in [3.8, 4) is 0 Å². The molecule has 5 nitrogen and oxygen atoms in total. The number of carboxylic acid groups (broad SMARTS) is 1. The Bertz CT molecular complexity index is 337. The molecular weight excluding hydrogens is 206 g/mol. The average molecular weight is 218 g/mol. The van der Waals surface area contributed by atoms with E-state index in [-0.39, 0.29) is 0 Å². The Labute approximate surface area is 86.7 Å². The zero-order valence-electron chi connectivity index (χ0n) is 7.99. The van der Waals surface area contributed by atoms with Crippen molar-refractivity contribution < 1.29 is 9.90 Å². The summed E-state index contributed by atoms with van der Waals surface area (Å²) in [6, 6.07) is -0.592. The van der Waals surface area contributed by atoms with Crippen molar-refractivity contribution in [2.45, 2.75) is 19.5 Å². The number of aliphatic carboxylic acids is 1. The predicted octanol–water partition coefficient (Wildman–Crippen LogP) is 0.636. The van der Waals surface area contributed by atoms with E-state index < -0.39 is 12.0 Å². The Morgan fingerprint density at radius 1 is 1.86 bits per heavy atom. The summed E-state index contributed by atoms with van der Waals surface area (Å²) in [6.07, 6.45) is 1.53. The van der Waals surface area contributed by atoms with Crippen LogP contribution in [0.1, 0.15) is 12.7 Å². The molecule has 78 valence electrons. The molecule has 0 bridgehead atoms. The Morgan fingerprint density at radius 3 is 2.93 bits per heavy atom. The van der Waals surface area contributed by atoms with Crippen molar-refractivity contribution in [2.75, 3.05) is 0 Å². The molecule has 1 rings (SSSR count). The molecule has 1 atom stereocenters. The van der Waals surface area contributed by atoms with E-state index >= 15 is 0 Å². The van der Waals surface area contributed by atoms with Gasteiger partial charge in [-0.25, -0.2) is 4.98 Å². The molecule has 0 aliphatic rings. The summed E-state index contributed by atoms with van der Waals surface area (Å²) in [5.41, 5.74) is 0. The highest BCUT2D eigenvalue weighted by Crippen LogP contribution is 2.08. The number of hydrogen-bond donors (Lipinski definition) is 2. The molecule has 14 heavy (non-hydrogen) atoms. The van der Waals surface area contributed by atoms with Gasteiger partial charge in [-0.3, -0.25) is 10.1 Å². The number of imidazole rings is 1. The fraction of sp³-hybridized carbons (Fsp3) is 0.500. The monoisotopic (exact) mass is 217 g/mol. The number of carbonyl (C=O) groups is 1. The minimum Gasteiger partial charge on any atom is -0.480 e. The summed E-state index contributed by atoms with van der Waals surface area (Å²) in [5.74, 6) is -0.173. The number of carboxylic acids is 1. The van der Waals surface area contributed by atoms with E-state index in [0.29, 0.717) is 17.5 Å². The van der Waals surface area contributed by atoms with Gasteiger partial charge in [-0.2, -0.15) is 0 Å². The summed E-state index contributed by atoms with van der Waals surface area (Å²) in [6.45, 7) is 1.96. The predicted molar refractivity (Wildman–Crippen MR) is 52.2 cm³/mol. The summed E-state index contributed by atoms with van der Waals surface area (Å²) >= 11 is 5.76.